The molecule has 23 heavy (non-hydrogen) atoms. The first kappa shape index (κ1) is 16.9. The lowest BCUT2D eigenvalue weighted by molar-refractivity contribution is 0.0775. The zero-order valence-electron chi connectivity index (χ0n) is 13.5. The molecule has 2 aromatic rings. The summed E-state index contributed by atoms with van der Waals surface area (Å²) in [5.41, 5.74) is 1.44. The van der Waals surface area contributed by atoms with Gasteiger partial charge in [-0.25, -0.2) is 0 Å². The van der Waals surface area contributed by atoms with Crippen molar-refractivity contribution in [3.05, 3.63) is 71.3 Å². The van der Waals surface area contributed by atoms with Gasteiger partial charge in [-0.05, 0) is 12.5 Å². The molecule has 0 bridgehead atoms. The van der Waals surface area contributed by atoms with E-state index in [9.17, 15) is 9.59 Å². The Balaban J connectivity index is 2.23. The largest absolute Gasteiger partial charge is 0.385 e. The fourth-order valence-corrected chi connectivity index (χ4v) is 2.37. The second kappa shape index (κ2) is 8.25. The third kappa shape index (κ3) is 4.27. The van der Waals surface area contributed by atoms with Gasteiger partial charge < -0.3 is 9.64 Å². The van der Waals surface area contributed by atoms with Gasteiger partial charge in [-0.15, -0.1) is 0 Å². The molecule has 0 unspecified atom stereocenters. The number of carbonyl (C=O) groups is 2. The monoisotopic (exact) mass is 311 g/mol. The summed E-state index contributed by atoms with van der Waals surface area (Å²) >= 11 is 0. The van der Waals surface area contributed by atoms with E-state index in [1.165, 1.54) is 0 Å². The highest BCUT2D eigenvalue weighted by atomic mass is 16.5. The van der Waals surface area contributed by atoms with E-state index in [4.69, 9.17) is 4.74 Å². The van der Waals surface area contributed by atoms with Gasteiger partial charge in [0.2, 0.25) is 0 Å². The Morgan fingerprint density at radius 2 is 1.57 bits per heavy atom. The maximum atomic E-state index is 12.7. The molecule has 0 radical (unpaired) electrons. The molecule has 4 nitrogen and oxygen atoms in total. The van der Waals surface area contributed by atoms with E-state index < -0.39 is 0 Å². The standard InChI is InChI=1S/C19H21NO3/c1-20(13-8-14-23-2)19(22)17-12-7-6-11-16(17)18(21)15-9-4-3-5-10-15/h3-7,9-12H,8,13-14H2,1-2H3. The first-order valence-corrected chi connectivity index (χ1v) is 7.58. The third-order valence-corrected chi connectivity index (χ3v) is 3.63. The van der Waals surface area contributed by atoms with E-state index in [-0.39, 0.29) is 11.7 Å². The van der Waals surface area contributed by atoms with Crippen LogP contribution in [0.4, 0.5) is 0 Å². The van der Waals surface area contributed by atoms with Crippen molar-refractivity contribution in [2.24, 2.45) is 0 Å². The molecule has 0 N–H and O–H groups in total. The van der Waals surface area contributed by atoms with E-state index in [2.05, 4.69) is 0 Å². The molecule has 0 aromatic heterocycles. The van der Waals surface area contributed by atoms with E-state index in [1.54, 1.807) is 55.5 Å². The predicted octanol–water partition coefficient (Wildman–Crippen LogP) is 3.03. The highest BCUT2D eigenvalue weighted by Gasteiger charge is 2.20. The van der Waals surface area contributed by atoms with Crippen LogP contribution in [0.15, 0.2) is 54.6 Å². The molecule has 0 aliphatic carbocycles. The Morgan fingerprint density at radius 1 is 0.957 bits per heavy atom. The fourth-order valence-electron chi connectivity index (χ4n) is 2.37. The van der Waals surface area contributed by atoms with Gasteiger partial charge in [-0.1, -0.05) is 48.5 Å². The molecule has 0 heterocycles. The Kier molecular flexibility index (Phi) is 6.06. The normalized spacial score (nSPS) is 10.3. The van der Waals surface area contributed by atoms with Crippen molar-refractivity contribution < 1.29 is 14.3 Å². The molecule has 1 amide bonds. The molecule has 0 atom stereocenters. The second-order valence-electron chi connectivity index (χ2n) is 5.31. The number of carbonyl (C=O) groups excluding carboxylic acids is 2. The number of hydrogen-bond acceptors (Lipinski definition) is 3. The maximum Gasteiger partial charge on any atom is 0.254 e. The molecule has 0 aliphatic heterocycles. The molecular formula is C19H21NO3. The first-order valence-electron chi connectivity index (χ1n) is 7.58. The summed E-state index contributed by atoms with van der Waals surface area (Å²) in [6.07, 6.45) is 0.757. The van der Waals surface area contributed by atoms with E-state index in [0.717, 1.165) is 6.42 Å². The van der Waals surface area contributed by atoms with Gasteiger partial charge in [0, 0.05) is 38.4 Å². The highest BCUT2D eigenvalue weighted by Crippen LogP contribution is 2.16. The molecule has 0 fully saturated rings. The van der Waals surface area contributed by atoms with E-state index in [0.29, 0.717) is 29.8 Å². The van der Waals surface area contributed by atoms with Crippen LogP contribution in [0, 0.1) is 0 Å². The Bertz CT molecular complexity index is 667. The van der Waals surface area contributed by atoms with Crippen molar-refractivity contribution in [1.29, 1.82) is 0 Å². The molecule has 120 valence electrons. The molecular weight excluding hydrogens is 290 g/mol. The summed E-state index contributed by atoms with van der Waals surface area (Å²) < 4.78 is 5.01. The van der Waals surface area contributed by atoms with Gasteiger partial charge in [0.05, 0.1) is 5.56 Å². The van der Waals surface area contributed by atoms with E-state index >= 15 is 0 Å². The van der Waals surface area contributed by atoms with Crippen LogP contribution in [0.5, 0.6) is 0 Å². The molecule has 2 rings (SSSR count). The third-order valence-electron chi connectivity index (χ3n) is 3.63. The summed E-state index contributed by atoms with van der Waals surface area (Å²) in [5.74, 6) is -0.291. The summed E-state index contributed by atoms with van der Waals surface area (Å²) in [6.45, 7) is 1.18. The van der Waals surface area contributed by atoms with Crippen molar-refractivity contribution in [2.75, 3.05) is 27.3 Å². The number of ether oxygens (including phenoxy) is 1. The molecule has 0 saturated carbocycles. The number of benzene rings is 2. The Labute approximate surface area is 136 Å². The van der Waals surface area contributed by atoms with Crippen molar-refractivity contribution in [1.82, 2.24) is 4.90 Å². The minimum absolute atomic E-state index is 0.139. The van der Waals surface area contributed by atoms with Crippen molar-refractivity contribution in [2.45, 2.75) is 6.42 Å². The molecule has 2 aromatic carbocycles. The summed E-state index contributed by atoms with van der Waals surface area (Å²) in [5, 5.41) is 0. The lowest BCUT2D eigenvalue weighted by Gasteiger charge is -2.18. The quantitative estimate of drug-likeness (QED) is 0.583. The van der Waals surface area contributed by atoms with Crippen LogP contribution in [0.25, 0.3) is 0 Å². The van der Waals surface area contributed by atoms with Crippen molar-refractivity contribution in [3.8, 4) is 0 Å². The number of nitrogens with zero attached hydrogens (tertiary/aromatic N) is 1. The van der Waals surface area contributed by atoms with Crippen molar-refractivity contribution >= 4 is 11.7 Å². The number of rotatable bonds is 7. The molecule has 4 heteroatoms. The number of hydrogen-bond donors (Lipinski definition) is 0. The lowest BCUT2D eigenvalue weighted by Crippen LogP contribution is -2.29. The highest BCUT2D eigenvalue weighted by molar-refractivity contribution is 6.15. The Morgan fingerprint density at radius 3 is 2.22 bits per heavy atom. The molecule has 0 aliphatic rings. The lowest BCUT2D eigenvalue weighted by atomic mass is 9.97. The summed E-state index contributed by atoms with van der Waals surface area (Å²) in [6, 6.07) is 15.9. The fraction of sp³-hybridized carbons (Fsp3) is 0.263. The van der Waals surface area contributed by atoms with Gasteiger partial charge in [-0.2, -0.15) is 0 Å². The van der Waals surface area contributed by atoms with Gasteiger partial charge in [0.1, 0.15) is 0 Å². The zero-order chi connectivity index (χ0) is 16.7. The van der Waals surface area contributed by atoms with Crippen molar-refractivity contribution in [3.63, 3.8) is 0 Å². The molecule has 0 saturated heterocycles. The smallest absolute Gasteiger partial charge is 0.254 e. The van der Waals surface area contributed by atoms with Crippen LogP contribution in [-0.4, -0.2) is 43.9 Å². The van der Waals surface area contributed by atoms with Crippen LogP contribution in [-0.2, 0) is 4.74 Å². The zero-order valence-corrected chi connectivity index (χ0v) is 13.5. The minimum Gasteiger partial charge on any atom is -0.385 e. The van der Waals surface area contributed by atoms with Crippen LogP contribution in [0.2, 0.25) is 0 Å². The number of ketones is 1. The van der Waals surface area contributed by atoms with Gasteiger partial charge in [0.15, 0.2) is 5.78 Å². The van der Waals surface area contributed by atoms with Crippen LogP contribution >= 0.6 is 0 Å². The van der Waals surface area contributed by atoms with Crippen LogP contribution in [0.3, 0.4) is 0 Å². The molecule has 0 spiro atoms. The van der Waals surface area contributed by atoms with Gasteiger partial charge >= 0.3 is 0 Å². The predicted molar refractivity (Wildman–Crippen MR) is 89.8 cm³/mol. The van der Waals surface area contributed by atoms with Gasteiger partial charge in [0.25, 0.3) is 5.91 Å². The number of methoxy groups -OCH3 is 1. The Hall–Kier alpha value is -2.46. The van der Waals surface area contributed by atoms with Crippen LogP contribution < -0.4 is 0 Å². The first-order chi connectivity index (χ1) is 11.1. The SMILES string of the molecule is COCCCN(C)C(=O)c1ccccc1C(=O)c1ccccc1. The topological polar surface area (TPSA) is 46.6 Å². The number of amides is 1. The second-order valence-corrected chi connectivity index (χ2v) is 5.31. The summed E-state index contributed by atoms with van der Waals surface area (Å²) in [4.78, 5) is 26.9. The summed E-state index contributed by atoms with van der Waals surface area (Å²) in [7, 11) is 3.37. The van der Waals surface area contributed by atoms with Gasteiger partial charge in [-0.3, -0.25) is 9.59 Å². The average Bonchev–Trinajstić information content (AvgIpc) is 2.61. The maximum absolute atomic E-state index is 12.7. The van der Waals surface area contributed by atoms with Crippen LogP contribution in [0.1, 0.15) is 32.7 Å². The minimum atomic E-state index is -0.152. The van der Waals surface area contributed by atoms with E-state index in [1.807, 2.05) is 18.2 Å². The average molecular weight is 311 g/mol.